The molecule has 0 aliphatic carbocycles. The predicted octanol–water partition coefficient (Wildman–Crippen LogP) is 4.53. The lowest BCUT2D eigenvalue weighted by Crippen LogP contribution is -2.41. The van der Waals surface area contributed by atoms with E-state index in [1.165, 1.54) is 10.5 Å². The maximum Gasteiger partial charge on any atom is 0.254 e. The average Bonchev–Trinajstić information content (AvgIpc) is 3.59. The lowest BCUT2D eigenvalue weighted by Gasteiger charge is -2.24. The lowest BCUT2D eigenvalue weighted by atomic mass is 10.1. The first-order valence-electron chi connectivity index (χ1n) is 13.1. The van der Waals surface area contributed by atoms with Gasteiger partial charge in [0.15, 0.2) is 11.5 Å². The number of fused-ring (bicyclic) bond motifs is 1. The van der Waals surface area contributed by atoms with Crippen molar-refractivity contribution in [1.29, 1.82) is 0 Å². The van der Waals surface area contributed by atoms with E-state index >= 15 is 0 Å². The van der Waals surface area contributed by atoms with Gasteiger partial charge in [-0.1, -0.05) is 36.4 Å². The van der Waals surface area contributed by atoms with Crippen LogP contribution in [0.2, 0.25) is 0 Å². The highest BCUT2D eigenvalue weighted by Gasteiger charge is 2.23. The number of benzene rings is 3. The number of hydrogen-bond donors (Lipinski definition) is 1. The number of rotatable bonds is 9. The summed E-state index contributed by atoms with van der Waals surface area (Å²) in [6.07, 6.45) is 1.91. The fourth-order valence-corrected chi connectivity index (χ4v) is 4.41. The Balaban J connectivity index is 1.41. The molecule has 4 aromatic rings. The molecule has 1 aliphatic rings. The number of carbonyl (C=O) groups is 2. The normalized spacial score (nSPS) is 12.0. The molecule has 1 N–H and O–H groups in total. The highest BCUT2D eigenvalue weighted by molar-refractivity contribution is 5.99. The van der Waals surface area contributed by atoms with Gasteiger partial charge in [0.2, 0.25) is 18.6 Å². The minimum absolute atomic E-state index is 0.123. The van der Waals surface area contributed by atoms with E-state index in [-0.39, 0.29) is 25.2 Å². The first kappa shape index (κ1) is 27.0. The van der Waals surface area contributed by atoms with E-state index in [1.54, 1.807) is 18.2 Å². The molecule has 0 radical (unpaired) electrons. The Labute approximate surface area is 234 Å². The van der Waals surface area contributed by atoms with Crippen LogP contribution in [0, 0.1) is 13.8 Å². The summed E-state index contributed by atoms with van der Waals surface area (Å²) < 4.78 is 12.7. The zero-order chi connectivity index (χ0) is 28.2. The summed E-state index contributed by atoms with van der Waals surface area (Å²) in [6.45, 7) is 5.06. The minimum atomic E-state index is -0.344. The Hall–Kier alpha value is -4.63. The van der Waals surface area contributed by atoms with Crippen LogP contribution in [-0.4, -0.2) is 71.7 Å². The van der Waals surface area contributed by atoms with Crippen LogP contribution < -0.4 is 14.8 Å². The van der Waals surface area contributed by atoms with Crippen molar-refractivity contribution in [1.82, 2.24) is 19.4 Å². The number of ether oxygens (including phenoxy) is 2. The second kappa shape index (κ2) is 11.6. The van der Waals surface area contributed by atoms with Crippen LogP contribution in [0.3, 0.4) is 0 Å². The van der Waals surface area contributed by atoms with Gasteiger partial charge in [-0.15, -0.1) is 0 Å². The zero-order valence-electron chi connectivity index (χ0n) is 23.2. The Morgan fingerprint density at radius 2 is 1.70 bits per heavy atom. The van der Waals surface area contributed by atoms with Gasteiger partial charge in [0.05, 0.1) is 5.69 Å². The molecule has 1 aliphatic heterocycles. The molecular formula is C31H33N5O4. The molecule has 9 heteroatoms. The Bertz CT molecular complexity index is 1530. The number of likely N-dealkylation sites (N-methyl/N-ethyl adjacent to an activating group) is 1. The molecule has 0 saturated heterocycles. The second-order valence-electron chi connectivity index (χ2n) is 10.1. The van der Waals surface area contributed by atoms with Crippen molar-refractivity contribution < 1.29 is 19.1 Å². The Morgan fingerprint density at radius 1 is 0.925 bits per heavy atom. The maximum absolute atomic E-state index is 13.5. The maximum atomic E-state index is 13.5. The smallest absolute Gasteiger partial charge is 0.254 e. The fourth-order valence-electron chi connectivity index (χ4n) is 4.41. The number of hydrogen-bond acceptors (Lipinski definition) is 6. The van der Waals surface area contributed by atoms with E-state index in [2.05, 4.69) is 25.2 Å². The third-order valence-electron chi connectivity index (χ3n) is 6.85. The van der Waals surface area contributed by atoms with Crippen LogP contribution in [0.5, 0.6) is 11.5 Å². The largest absolute Gasteiger partial charge is 0.454 e. The van der Waals surface area contributed by atoms with Crippen LogP contribution in [0.15, 0.2) is 72.9 Å². The highest BCUT2D eigenvalue weighted by atomic mass is 16.7. The second-order valence-corrected chi connectivity index (χ2v) is 10.1. The number of amides is 2. The standard InChI is InChI=1S/C31H33N5O4/c1-21-10-12-25(16-22(21)2)36-18-26(23-8-6-5-7-9-23)32-31(36)33-29(37)19-35(15-14-34(3)4)30(38)24-11-13-27-28(17-24)40-20-39-27/h5-13,16-18H,14-15,19-20H2,1-4H3,(H,32,33,37). The third kappa shape index (κ3) is 6.00. The third-order valence-corrected chi connectivity index (χ3v) is 6.85. The Kier molecular flexibility index (Phi) is 7.84. The van der Waals surface area contributed by atoms with Crippen molar-refractivity contribution >= 4 is 17.8 Å². The average molecular weight is 540 g/mol. The lowest BCUT2D eigenvalue weighted by molar-refractivity contribution is -0.117. The van der Waals surface area contributed by atoms with Crippen LogP contribution in [0.25, 0.3) is 16.9 Å². The van der Waals surface area contributed by atoms with E-state index in [0.717, 1.165) is 22.5 Å². The zero-order valence-corrected chi connectivity index (χ0v) is 23.2. The summed E-state index contributed by atoms with van der Waals surface area (Å²) in [6, 6.07) is 21.0. The van der Waals surface area contributed by atoms with E-state index in [1.807, 2.05) is 72.2 Å². The van der Waals surface area contributed by atoms with E-state index in [4.69, 9.17) is 14.5 Å². The number of imidazole rings is 1. The molecule has 1 aromatic heterocycles. The number of nitrogens with one attached hydrogen (secondary N) is 1. The molecule has 0 unspecified atom stereocenters. The first-order chi connectivity index (χ1) is 19.3. The molecule has 0 fully saturated rings. The van der Waals surface area contributed by atoms with Crippen LogP contribution >= 0.6 is 0 Å². The molecule has 2 heterocycles. The number of aryl methyl sites for hydroxylation is 2. The first-order valence-corrected chi connectivity index (χ1v) is 13.1. The van der Waals surface area contributed by atoms with Gasteiger partial charge in [0.25, 0.3) is 5.91 Å². The van der Waals surface area contributed by atoms with Crippen molar-refractivity contribution in [3.63, 3.8) is 0 Å². The SMILES string of the molecule is Cc1ccc(-n2cc(-c3ccccc3)nc2NC(=O)CN(CCN(C)C)C(=O)c2ccc3c(c2)OCO3)cc1C. The molecule has 3 aromatic carbocycles. The number of nitrogens with zero attached hydrogens (tertiary/aromatic N) is 4. The van der Waals surface area contributed by atoms with E-state index < -0.39 is 0 Å². The van der Waals surface area contributed by atoms with Crippen molar-refractivity contribution in [2.75, 3.05) is 45.8 Å². The van der Waals surface area contributed by atoms with Gasteiger partial charge in [0, 0.05) is 36.1 Å². The summed E-state index contributed by atoms with van der Waals surface area (Å²) in [5.74, 6) is 0.893. The minimum Gasteiger partial charge on any atom is -0.454 e. The molecule has 2 amide bonds. The van der Waals surface area contributed by atoms with Crippen molar-refractivity contribution in [3.05, 3.63) is 89.6 Å². The molecule has 0 spiro atoms. The highest BCUT2D eigenvalue weighted by Crippen LogP contribution is 2.33. The summed E-state index contributed by atoms with van der Waals surface area (Å²) in [5, 5.41) is 2.96. The van der Waals surface area contributed by atoms with Crippen LogP contribution in [0.1, 0.15) is 21.5 Å². The molecule has 9 nitrogen and oxygen atoms in total. The quantitative estimate of drug-likeness (QED) is 0.336. The predicted molar refractivity (Wildman–Crippen MR) is 154 cm³/mol. The fraction of sp³-hybridized carbons (Fsp3) is 0.258. The Morgan fingerprint density at radius 3 is 2.45 bits per heavy atom. The van der Waals surface area contributed by atoms with Gasteiger partial charge in [-0.2, -0.15) is 0 Å². The van der Waals surface area contributed by atoms with E-state index in [0.29, 0.717) is 36.1 Å². The van der Waals surface area contributed by atoms with Crippen molar-refractivity contribution in [3.8, 4) is 28.4 Å². The van der Waals surface area contributed by atoms with Crippen molar-refractivity contribution in [2.24, 2.45) is 0 Å². The van der Waals surface area contributed by atoms with Gasteiger partial charge >= 0.3 is 0 Å². The molecule has 206 valence electrons. The summed E-state index contributed by atoms with van der Waals surface area (Å²) >= 11 is 0. The van der Waals surface area contributed by atoms with Gasteiger partial charge in [-0.3, -0.25) is 19.5 Å². The summed E-state index contributed by atoms with van der Waals surface area (Å²) in [5.41, 5.74) is 5.29. The summed E-state index contributed by atoms with van der Waals surface area (Å²) in [7, 11) is 3.85. The topological polar surface area (TPSA) is 88.9 Å². The van der Waals surface area contributed by atoms with Gasteiger partial charge < -0.3 is 19.3 Å². The van der Waals surface area contributed by atoms with E-state index in [9.17, 15) is 9.59 Å². The van der Waals surface area contributed by atoms with Gasteiger partial charge in [-0.05, 0) is 69.4 Å². The molecule has 5 rings (SSSR count). The van der Waals surface area contributed by atoms with Crippen LogP contribution in [-0.2, 0) is 4.79 Å². The molecule has 40 heavy (non-hydrogen) atoms. The van der Waals surface area contributed by atoms with Gasteiger partial charge in [0.1, 0.15) is 6.54 Å². The van der Waals surface area contributed by atoms with Crippen molar-refractivity contribution in [2.45, 2.75) is 13.8 Å². The number of carbonyl (C=O) groups excluding carboxylic acids is 2. The monoisotopic (exact) mass is 539 g/mol. The molecule has 0 saturated carbocycles. The number of anilines is 1. The molecular weight excluding hydrogens is 506 g/mol. The molecule has 0 bridgehead atoms. The summed E-state index contributed by atoms with van der Waals surface area (Å²) in [4.78, 5) is 35.2. The van der Waals surface area contributed by atoms with Gasteiger partial charge in [-0.25, -0.2) is 4.98 Å². The van der Waals surface area contributed by atoms with Crippen LogP contribution in [0.4, 0.5) is 5.95 Å². The molecule has 0 atom stereocenters. The number of aromatic nitrogens is 2.